The van der Waals surface area contributed by atoms with E-state index < -0.39 is 10.8 Å². The molecule has 7 nitrogen and oxygen atoms in total. The van der Waals surface area contributed by atoms with E-state index in [1.165, 1.54) is 0 Å². The summed E-state index contributed by atoms with van der Waals surface area (Å²) in [6.07, 6.45) is 4.77. The lowest BCUT2D eigenvalue weighted by atomic mass is 10.2. The molecule has 0 aromatic carbocycles. The van der Waals surface area contributed by atoms with Gasteiger partial charge >= 0.3 is 0 Å². The lowest BCUT2D eigenvalue weighted by molar-refractivity contribution is 0.643. The molecular weight excluding hydrogens is 336 g/mol. The summed E-state index contributed by atoms with van der Waals surface area (Å²) >= 11 is 0. The zero-order valence-electron chi connectivity index (χ0n) is 14.7. The number of imidazole rings is 1. The molecule has 0 bridgehead atoms. The standard InChI is InChI=1S/C17H22N6OS/c1-4-13-22-14-15(11(2)12(3)21-16(14)18)23(13)9-6-10-25(24)17-19-7-5-8-20-17/h5,7-8H,4,6,9-10H2,1-3H3,(H2,18,21). The minimum atomic E-state index is -1.19. The third-order valence-electron chi connectivity index (χ3n) is 4.25. The maximum Gasteiger partial charge on any atom is 0.218 e. The van der Waals surface area contributed by atoms with Crippen LogP contribution in [-0.4, -0.2) is 34.5 Å². The van der Waals surface area contributed by atoms with Crippen LogP contribution < -0.4 is 5.73 Å². The van der Waals surface area contributed by atoms with E-state index in [9.17, 15) is 4.21 Å². The van der Waals surface area contributed by atoms with Crippen molar-refractivity contribution in [1.82, 2.24) is 24.5 Å². The second kappa shape index (κ2) is 7.26. The number of hydrogen-bond donors (Lipinski definition) is 1. The van der Waals surface area contributed by atoms with Gasteiger partial charge in [0, 0.05) is 36.8 Å². The molecule has 25 heavy (non-hydrogen) atoms. The number of nitrogens with two attached hydrogens (primary N) is 1. The summed E-state index contributed by atoms with van der Waals surface area (Å²) in [6, 6.07) is 1.72. The van der Waals surface area contributed by atoms with Crippen LogP contribution in [0.3, 0.4) is 0 Å². The Balaban J connectivity index is 1.85. The molecule has 3 aromatic rings. The van der Waals surface area contributed by atoms with Crippen molar-refractivity contribution in [3.8, 4) is 0 Å². The highest BCUT2D eigenvalue weighted by Gasteiger charge is 2.17. The molecule has 0 aliphatic rings. The molecule has 0 radical (unpaired) electrons. The summed E-state index contributed by atoms with van der Waals surface area (Å²) in [5.74, 6) is 1.94. The zero-order chi connectivity index (χ0) is 18.0. The Hall–Kier alpha value is -2.35. The number of aromatic nitrogens is 5. The van der Waals surface area contributed by atoms with Gasteiger partial charge in [-0.1, -0.05) is 6.92 Å². The molecule has 2 N–H and O–H groups in total. The van der Waals surface area contributed by atoms with Crippen LogP contribution in [0.4, 0.5) is 5.82 Å². The van der Waals surface area contributed by atoms with Crippen molar-refractivity contribution < 1.29 is 4.21 Å². The molecule has 0 saturated carbocycles. The van der Waals surface area contributed by atoms with Crippen LogP contribution in [-0.2, 0) is 23.8 Å². The zero-order valence-corrected chi connectivity index (χ0v) is 15.5. The summed E-state index contributed by atoms with van der Waals surface area (Å²) in [5, 5.41) is 0.383. The third-order valence-corrected chi connectivity index (χ3v) is 5.53. The maximum absolute atomic E-state index is 12.3. The van der Waals surface area contributed by atoms with Crippen molar-refractivity contribution >= 4 is 27.7 Å². The fourth-order valence-corrected chi connectivity index (χ4v) is 3.84. The van der Waals surface area contributed by atoms with Crippen molar-refractivity contribution in [3.63, 3.8) is 0 Å². The molecule has 0 spiro atoms. The average molecular weight is 358 g/mol. The van der Waals surface area contributed by atoms with E-state index in [2.05, 4.69) is 31.4 Å². The Morgan fingerprint density at radius 1 is 1.20 bits per heavy atom. The van der Waals surface area contributed by atoms with Crippen LogP contribution in [0, 0.1) is 13.8 Å². The fraction of sp³-hybridized carbons (Fsp3) is 0.412. The Morgan fingerprint density at radius 3 is 2.60 bits per heavy atom. The lowest BCUT2D eigenvalue weighted by Crippen LogP contribution is -2.09. The van der Waals surface area contributed by atoms with E-state index >= 15 is 0 Å². The lowest BCUT2D eigenvalue weighted by Gasteiger charge is -2.11. The van der Waals surface area contributed by atoms with Crippen LogP contribution in [0.5, 0.6) is 0 Å². The summed E-state index contributed by atoms with van der Waals surface area (Å²) < 4.78 is 14.5. The molecule has 3 heterocycles. The van der Waals surface area contributed by atoms with Crippen LogP contribution in [0.2, 0.25) is 0 Å². The van der Waals surface area contributed by atoms with Gasteiger partial charge in [-0.25, -0.2) is 19.9 Å². The summed E-state index contributed by atoms with van der Waals surface area (Å²) in [6.45, 7) is 6.79. The first-order valence-corrected chi connectivity index (χ1v) is 9.62. The smallest absolute Gasteiger partial charge is 0.218 e. The van der Waals surface area contributed by atoms with Gasteiger partial charge in [0.1, 0.15) is 11.3 Å². The van der Waals surface area contributed by atoms with E-state index in [0.29, 0.717) is 16.7 Å². The Labute approximate surface area is 149 Å². The van der Waals surface area contributed by atoms with Gasteiger partial charge in [-0.3, -0.25) is 4.21 Å². The number of aryl methyl sites for hydroxylation is 4. The Bertz CT molecular complexity index is 922. The molecule has 3 aromatic heterocycles. The van der Waals surface area contributed by atoms with Crippen LogP contribution in [0.15, 0.2) is 23.6 Å². The average Bonchev–Trinajstić information content (AvgIpc) is 3.00. The molecule has 0 saturated heterocycles. The first-order valence-electron chi connectivity index (χ1n) is 8.30. The Kier molecular flexibility index (Phi) is 5.08. The van der Waals surface area contributed by atoms with Crippen molar-refractivity contribution in [2.24, 2.45) is 0 Å². The molecule has 132 valence electrons. The van der Waals surface area contributed by atoms with Crippen LogP contribution in [0.25, 0.3) is 11.0 Å². The molecule has 0 fully saturated rings. The molecule has 0 aliphatic heterocycles. The van der Waals surface area contributed by atoms with E-state index in [1.54, 1.807) is 18.5 Å². The number of nitrogens with zero attached hydrogens (tertiary/aromatic N) is 5. The highest BCUT2D eigenvalue weighted by atomic mass is 32.2. The van der Waals surface area contributed by atoms with Crippen LogP contribution in [0.1, 0.15) is 30.4 Å². The number of rotatable bonds is 6. The van der Waals surface area contributed by atoms with Gasteiger partial charge in [0.05, 0.1) is 16.3 Å². The van der Waals surface area contributed by atoms with E-state index in [-0.39, 0.29) is 0 Å². The van der Waals surface area contributed by atoms with Crippen LogP contribution >= 0.6 is 0 Å². The van der Waals surface area contributed by atoms with Gasteiger partial charge in [-0.2, -0.15) is 0 Å². The van der Waals surface area contributed by atoms with Crippen molar-refractivity contribution in [2.75, 3.05) is 11.5 Å². The molecular formula is C17H22N6OS. The maximum atomic E-state index is 12.3. The van der Waals surface area contributed by atoms with Gasteiger partial charge in [0.2, 0.25) is 5.16 Å². The highest BCUT2D eigenvalue weighted by Crippen LogP contribution is 2.26. The predicted molar refractivity (Wildman–Crippen MR) is 98.7 cm³/mol. The molecule has 1 atom stereocenters. The van der Waals surface area contributed by atoms with E-state index in [1.807, 2.05) is 13.8 Å². The SMILES string of the molecule is CCc1nc2c(N)nc(C)c(C)c2n1CCCS(=O)c1ncccn1. The monoisotopic (exact) mass is 358 g/mol. The van der Waals surface area contributed by atoms with Gasteiger partial charge in [0.25, 0.3) is 0 Å². The van der Waals surface area contributed by atoms with E-state index in [0.717, 1.165) is 47.5 Å². The minimum absolute atomic E-state index is 0.383. The molecule has 1 unspecified atom stereocenters. The van der Waals surface area contributed by atoms with Gasteiger partial charge in [0.15, 0.2) is 5.82 Å². The third kappa shape index (κ3) is 3.39. The topological polar surface area (TPSA) is 99.6 Å². The number of pyridine rings is 1. The number of nitrogen functional groups attached to an aromatic ring is 1. The first-order chi connectivity index (χ1) is 12.0. The predicted octanol–water partition coefficient (Wildman–Crippen LogP) is 2.18. The molecule has 8 heteroatoms. The van der Waals surface area contributed by atoms with Gasteiger partial charge in [-0.05, 0) is 31.9 Å². The van der Waals surface area contributed by atoms with Gasteiger partial charge in [-0.15, -0.1) is 0 Å². The second-order valence-corrected chi connectivity index (χ2v) is 7.34. The summed E-state index contributed by atoms with van der Waals surface area (Å²) in [7, 11) is -1.19. The van der Waals surface area contributed by atoms with Crippen molar-refractivity contribution in [1.29, 1.82) is 0 Å². The fourth-order valence-electron chi connectivity index (χ4n) is 2.91. The Morgan fingerprint density at radius 2 is 1.92 bits per heavy atom. The normalized spacial score (nSPS) is 12.6. The highest BCUT2D eigenvalue weighted by molar-refractivity contribution is 7.84. The summed E-state index contributed by atoms with van der Waals surface area (Å²) in [5.41, 5.74) is 9.85. The van der Waals surface area contributed by atoms with Crippen molar-refractivity contribution in [2.45, 2.75) is 45.3 Å². The first kappa shape index (κ1) is 17.5. The number of fused-ring (bicyclic) bond motifs is 1. The second-order valence-electron chi connectivity index (χ2n) is 5.87. The number of hydrogen-bond acceptors (Lipinski definition) is 6. The molecule has 0 amide bonds. The minimum Gasteiger partial charge on any atom is -0.382 e. The number of anilines is 1. The van der Waals surface area contributed by atoms with Crippen molar-refractivity contribution in [3.05, 3.63) is 35.5 Å². The van der Waals surface area contributed by atoms with Gasteiger partial charge < -0.3 is 10.3 Å². The van der Waals surface area contributed by atoms with E-state index in [4.69, 9.17) is 5.73 Å². The molecule has 3 rings (SSSR count). The quantitative estimate of drug-likeness (QED) is 0.678. The molecule has 0 aliphatic carbocycles. The summed E-state index contributed by atoms with van der Waals surface area (Å²) in [4.78, 5) is 17.2. The largest absolute Gasteiger partial charge is 0.382 e.